The zero-order valence-electron chi connectivity index (χ0n) is 17.2. The zero-order valence-corrected chi connectivity index (χ0v) is 17.2. The van der Waals surface area contributed by atoms with Crippen LogP contribution in [0.25, 0.3) is 22.0 Å². The highest BCUT2D eigenvalue weighted by molar-refractivity contribution is 5.85. The number of amides is 1. The SMILES string of the molecule is O=C(N[C@@H](Cc1cccc2[nH]ccc12)C(=O)O)OCC1c2ccccc2-c2ccccc21. The number of H-pyrrole nitrogens is 1. The molecule has 0 saturated carbocycles. The first-order valence-corrected chi connectivity index (χ1v) is 10.5. The maximum Gasteiger partial charge on any atom is 0.407 e. The molecule has 0 unspecified atom stereocenters. The molecule has 3 aromatic carbocycles. The van der Waals surface area contributed by atoms with Crippen LogP contribution in [-0.4, -0.2) is 34.8 Å². The summed E-state index contributed by atoms with van der Waals surface area (Å²) in [5.74, 6) is -1.18. The number of rotatable bonds is 6. The van der Waals surface area contributed by atoms with E-state index >= 15 is 0 Å². The first-order valence-electron chi connectivity index (χ1n) is 10.5. The summed E-state index contributed by atoms with van der Waals surface area (Å²) in [7, 11) is 0. The number of carbonyl (C=O) groups excluding carboxylic acids is 1. The summed E-state index contributed by atoms with van der Waals surface area (Å²) < 4.78 is 5.51. The Morgan fingerprint density at radius 3 is 2.31 bits per heavy atom. The first-order chi connectivity index (χ1) is 15.6. The second-order valence-corrected chi connectivity index (χ2v) is 7.92. The number of hydrogen-bond donors (Lipinski definition) is 3. The van der Waals surface area contributed by atoms with Crippen molar-refractivity contribution in [1.82, 2.24) is 10.3 Å². The maximum atomic E-state index is 12.5. The molecule has 32 heavy (non-hydrogen) atoms. The van der Waals surface area contributed by atoms with Gasteiger partial charge in [0.1, 0.15) is 12.6 Å². The third-order valence-corrected chi connectivity index (χ3v) is 6.04. The molecule has 6 heteroatoms. The molecule has 0 fully saturated rings. The van der Waals surface area contributed by atoms with Crippen LogP contribution in [0, 0.1) is 0 Å². The maximum absolute atomic E-state index is 12.5. The van der Waals surface area contributed by atoms with Crippen LogP contribution < -0.4 is 5.32 Å². The van der Waals surface area contributed by atoms with Gasteiger partial charge in [-0.3, -0.25) is 0 Å². The summed E-state index contributed by atoms with van der Waals surface area (Å²) in [6.07, 6.45) is 1.23. The molecule has 160 valence electrons. The van der Waals surface area contributed by atoms with Gasteiger partial charge in [-0.25, -0.2) is 9.59 Å². The van der Waals surface area contributed by atoms with E-state index in [4.69, 9.17) is 4.74 Å². The van der Waals surface area contributed by atoms with Gasteiger partial charge in [0.05, 0.1) is 0 Å². The lowest BCUT2D eigenvalue weighted by Gasteiger charge is -2.18. The molecule has 5 rings (SSSR count). The van der Waals surface area contributed by atoms with Gasteiger partial charge in [-0.15, -0.1) is 0 Å². The number of nitrogens with one attached hydrogen (secondary N) is 2. The summed E-state index contributed by atoms with van der Waals surface area (Å²) in [5, 5.41) is 13.1. The predicted molar refractivity (Wildman–Crippen MR) is 122 cm³/mol. The smallest absolute Gasteiger partial charge is 0.407 e. The normalized spacial score (nSPS) is 13.4. The Kier molecular flexibility index (Phi) is 5.11. The van der Waals surface area contributed by atoms with Crippen LogP contribution in [0.3, 0.4) is 0 Å². The lowest BCUT2D eigenvalue weighted by molar-refractivity contribution is -0.139. The number of carbonyl (C=O) groups is 2. The molecule has 1 aliphatic rings. The molecule has 0 spiro atoms. The Morgan fingerprint density at radius 2 is 1.62 bits per heavy atom. The monoisotopic (exact) mass is 426 g/mol. The highest BCUT2D eigenvalue weighted by Gasteiger charge is 2.30. The number of carboxylic acids is 1. The number of aromatic nitrogens is 1. The van der Waals surface area contributed by atoms with E-state index < -0.39 is 18.1 Å². The predicted octanol–water partition coefficient (Wildman–Crippen LogP) is 4.70. The zero-order chi connectivity index (χ0) is 22.1. The second kappa shape index (κ2) is 8.23. The largest absolute Gasteiger partial charge is 0.480 e. The van der Waals surface area contributed by atoms with Gasteiger partial charge in [0.2, 0.25) is 0 Å². The minimum Gasteiger partial charge on any atom is -0.480 e. The molecule has 0 radical (unpaired) electrons. The molecular formula is C26H22N2O4. The number of ether oxygens (including phenoxy) is 1. The highest BCUT2D eigenvalue weighted by atomic mass is 16.5. The van der Waals surface area contributed by atoms with E-state index in [1.807, 2.05) is 66.9 Å². The fourth-order valence-electron chi connectivity index (χ4n) is 4.53. The van der Waals surface area contributed by atoms with Crippen molar-refractivity contribution in [2.75, 3.05) is 6.61 Å². The minimum atomic E-state index is -1.11. The fourth-order valence-corrected chi connectivity index (χ4v) is 4.53. The van der Waals surface area contributed by atoms with Gasteiger partial charge in [-0.1, -0.05) is 60.7 Å². The van der Waals surface area contributed by atoms with E-state index in [-0.39, 0.29) is 18.9 Å². The standard InChI is InChI=1S/C26H22N2O4/c29-25(30)24(14-16-6-5-11-23-17(16)12-13-27-23)28-26(31)32-15-22-20-9-3-1-7-18(20)19-8-2-4-10-21(19)22/h1-13,22,24,27H,14-15H2,(H,28,31)(H,29,30)/t24-/m0/s1. The lowest BCUT2D eigenvalue weighted by Crippen LogP contribution is -2.42. The van der Waals surface area contributed by atoms with Crippen molar-refractivity contribution in [3.63, 3.8) is 0 Å². The van der Waals surface area contributed by atoms with Crippen LogP contribution in [-0.2, 0) is 16.0 Å². The Morgan fingerprint density at radius 1 is 0.938 bits per heavy atom. The number of fused-ring (bicyclic) bond motifs is 4. The van der Waals surface area contributed by atoms with Crippen molar-refractivity contribution in [2.45, 2.75) is 18.4 Å². The van der Waals surface area contributed by atoms with Gasteiger partial charge in [0.25, 0.3) is 0 Å². The number of alkyl carbamates (subject to hydrolysis) is 1. The number of benzene rings is 3. The average Bonchev–Trinajstić information content (AvgIpc) is 3.41. The van der Waals surface area contributed by atoms with Gasteiger partial charge in [0.15, 0.2) is 0 Å². The minimum absolute atomic E-state index is 0.0787. The number of aliphatic carboxylic acids is 1. The summed E-state index contributed by atoms with van der Waals surface area (Å²) >= 11 is 0. The number of aromatic amines is 1. The van der Waals surface area contributed by atoms with E-state index in [1.54, 1.807) is 0 Å². The molecule has 3 N–H and O–H groups in total. The molecule has 1 heterocycles. The molecule has 4 aromatic rings. The lowest BCUT2D eigenvalue weighted by atomic mass is 9.98. The van der Waals surface area contributed by atoms with Crippen molar-refractivity contribution in [3.8, 4) is 11.1 Å². The summed E-state index contributed by atoms with van der Waals surface area (Å²) in [5.41, 5.74) is 6.26. The Bertz CT molecular complexity index is 1260. The Hall–Kier alpha value is -4.06. The third-order valence-electron chi connectivity index (χ3n) is 6.04. The molecule has 1 aromatic heterocycles. The second-order valence-electron chi connectivity index (χ2n) is 7.92. The van der Waals surface area contributed by atoms with Crippen LogP contribution in [0.5, 0.6) is 0 Å². The van der Waals surface area contributed by atoms with E-state index in [0.29, 0.717) is 0 Å². The Balaban J connectivity index is 1.29. The van der Waals surface area contributed by atoms with Gasteiger partial charge >= 0.3 is 12.1 Å². The third kappa shape index (κ3) is 3.60. The number of hydrogen-bond acceptors (Lipinski definition) is 3. The summed E-state index contributed by atoms with van der Waals surface area (Å²) in [4.78, 5) is 27.5. The van der Waals surface area contributed by atoms with E-state index in [1.165, 1.54) is 0 Å². The summed E-state index contributed by atoms with van der Waals surface area (Å²) in [6.45, 7) is 0.138. The van der Waals surface area contributed by atoms with Crippen LogP contribution in [0.2, 0.25) is 0 Å². The number of carboxylic acid groups (broad SMARTS) is 1. The van der Waals surface area contributed by atoms with Crippen LogP contribution in [0.15, 0.2) is 79.0 Å². The molecule has 6 nitrogen and oxygen atoms in total. The van der Waals surface area contributed by atoms with Crippen LogP contribution in [0.4, 0.5) is 4.79 Å². The van der Waals surface area contributed by atoms with Gasteiger partial charge in [0, 0.05) is 29.4 Å². The highest BCUT2D eigenvalue weighted by Crippen LogP contribution is 2.44. The molecule has 1 aliphatic carbocycles. The van der Waals surface area contributed by atoms with Gasteiger partial charge in [-0.2, -0.15) is 0 Å². The van der Waals surface area contributed by atoms with E-state index in [0.717, 1.165) is 38.7 Å². The molecule has 0 bridgehead atoms. The van der Waals surface area contributed by atoms with Crippen molar-refractivity contribution >= 4 is 23.0 Å². The first kappa shape index (κ1) is 19.9. The molecule has 1 amide bonds. The molecule has 0 saturated heterocycles. The van der Waals surface area contributed by atoms with E-state index in [2.05, 4.69) is 22.4 Å². The molecule has 0 aliphatic heterocycles. The molecule has 1 atom stereocenters. The van der Waals surface area contributed by atoms with Crippen molar-refractivity contribution in [2.24, 2.45) is 0 Å². The van der Waals surface area contributed by atoms with E-state index in [9.17, 15) is 14.7 Å². The van der Waals surface area contributed by atoms with Gasteiger partial charge < -0.3 is 20.1 Å². The molecular weight excluding hydrogens is 404 g/mol. The van der Waals surface area contributed by atoms with Gasteiger partial charge in [-0.05, 0) is 39.9 Å². The quantitative estimate of drug-likeness (QED) is 0.417. The van der Waals surface area contributed by atoms with Crippen molar-refractivity contribution in [3.05, 3.63) is 95.7 Å². The van der Waals surface area contributed by atoms with Crippen LogP contribution >= 0.6 is 0 Å². The van der Waals surface area contributed by atoms with Crippen LogP contribution in [0.1, 0.15) is 22.6 Å². The van der Waals surface area contributed by atoms with Crippen molar-refractivity contribution < 1.29 is 19.4 Å². The summed E-state index contributed by atoms with van der Waals surface area (Å²) in [6, 6.07) is 22.6. The average molecular weight is 426 g/mol. The van der Waals surface area contributed by atoms with Crippen molar-refractivity contribution in [1.29, 1.82) is 0 Å². The Labute approximate surface area is 184 Å². The topological polar surface area (TPSA) is 91.4 Å². The fraction of sp³-hybridized carbons (Fsp3) is 0.154.